The molecule has 0 fully saturated rings. The highest BCUT2D eigenvalue weighted by atomic mass is 16.5. The van der Waals surface area contributed by atoms with Gasteiger partial charge in [-0.25, -0.2) is 4.99 Å². The van der Waals surface area contributed by atoms with Gasteiger partial charge in [-0.05, 0) is 37.1 Å². The molecule has 0 aliphatic heterocycles. The summed E-state index contributed by atoms with van der Waals surface area (Å²) in [7, 11) is 0. The van der Waals surface area contributed by atoms with Crippen molar-refractivity contribution in [1.82, 2.24) is 15.6 Å². The van der Waals surface area contributed by atoms with Crippen LogP contribution in [-0.4, -0.2) is 24.1 Å². The lowest BCUT2D eigenvalue weighted by molar-refractivity contribution is 0.304. The maximum Gasteiger partial charge on any atom is 0.209 e. The van der Waals surface area contributed by atoms with Gasteiger partial charge in [-0.3, -0.25) is 10.3 Å². The number of nitriles is 1. The number of para-hydroxylation sites is 1. The number of rotatable bonds is 11. The van der Waals surface area contributed by atoms with Crippen molar-refractivity contribution in [2.45, 2.75) is 38.5 Å². The van der Waals surface area contributed by atoms with Crippen molar-refractivity contribution in [2.75, 3.05) is 13.2 Å². The van der Waals surface area contributed by atoms with Crippen molar-refractivity contribution in [3.63, 3.8) is 0 Å². The first-order valence-corrected chi connectivity index (χ1v) is 9.44. The Morgan fingerprint density at radius 3 is 2.41 bits per heavy atom. The summed E-state index contributed by atoms with van der Waals surface area (Å²) < 4.78 is 5.69. The van der Waals surface area contributed by atoms with Gasteiger partial charge in [0.2, 0.25) is 5.96 Å². The van der Waals surface area contributed by atoms with Crippen LogP contribution in [0.25, 0.3) is 0 Å². The summed E-state index contributed by atoms with van der Waals surface area (Å²) in [5.41, 5.74) is 0.757. The maximum absolute atomic E-state index is 8.83. The maximum atomic E-state index is 8.83. The molecular formula is C21H27N5O. The summed E-state index contributed by atoms with van der Waals surface area (Å²) in [6.45, 7) is 1.57. The molecule has 0 saturated heterocycles. The third-order valence-corrected chi connectivity index (χ3v) is 3.95. The molecule has 0 spiro atoms. The molecule has 6 heteroatoms. The average Bonchev–Trinajstić information content (AvgIpc) is 2.71. The van der Waals surface area contributed by atoms with Crippen LogP contribution < -0.4 is 15.4 Å². The van der Waals surface area contributed by atoms with Crippen molar-refractivity contribution < 1.29 is 4.74 Å². The monoisotopic (exact) mass is 365 g/mol. The molecule has 2 N–H and O–H groups in total. The summed E-state index contributed by atoms with van der Waals surface area (Å²) in [5.74, 6) is 1.42. The van der Waals surface area contributed by atoms with E-state index >= 15 is 0 Å². The normalized spacial score (nSPS) is 10.9. The summed E-state index contributed by atoms with van der Waals surface area (Å²) in [5, 5.41) is 14.6. The number of guanidine groups is 1. The summed E-state index contributed by atoms with van der Waals surface area (Å²) in [6, 6.07) is 13.5. The van der Waals surface area contributed by atoms with Gasteiger partial charge in [-0.2, -0.15) is 5.26 Å². The second-order valence-electron chi connectivity index (χ2n) is 6.11. The van der Waals surface area contributed by atoms with Crippen LogP contribution in [0.15, 0.2) is 59.9 Å². The molecule has 2 rings (SSSR count). The second-order valence-corrected chi connectivity index (χ2v) is 6.11. The lowest BCUT2D eigenvalue weighted by Gasteiger charge is -2.08. The van der Waals surface area contributed by atoms with Crippen LogP contribution in [0.1, 0.15) is 38.5 Å². The van der Waals surface area contributed by atoms with Crippen molar-refractivity contribution in [3.05, 3.63) is 54.9 Å². The van der Waals surface area contributed by atoms with Crippen LogP contribution in [0.5, 0.6) is 5.75 Å². The van der Waals surface area contributed by atoms with Crippen LogP contribution in [0.3, 0.4) is 0 Å². The number of unbranched alkanes of at least 4 members (excludes halogenated alkanes) is 5. The zero-order valence-electron chi connectivity index (χ0n) is 15.6. The van der Waals surface area contributed by atoms with Gasteiger partial charge in [0, 0.05) is 18.9 Å². The van der Waals surface area contributed by atoms with E-state index in [1.807, 2.05) is 36.5 Å². The highest BCUT2D eigenvalue weighted by Gasteiger charge is 1.98. The Kier molecular flexibility index (Phi) is 9.88. The first-order valence-electron chi connectivity index (χ1n) is 9.44. The Morgan fingerprint density at radius 2 is 1.67 bits per heavy atom. The second kappa shape index (κ2) is 13.2. The largest absolute Gasteiger partial charge is 0.494 e. The van der Waals surface area contributed by atoms with Crippen LogP contribution in [0.2, 0.25) is 0 Å². The lowest BCUT2D eigenvalue weighted by Crippen LogP contribution is -2.34. The number of hydrogen-bond donors (Lipinski definition) is 2. The molecule has 6 nitrogen and oxygen atoms in total. The summed E-state index contributed by atoms with van der Waals surface area (Å²) in [6.07, 6.45) is 12.1. The fraction of sp³-hybridized carbons (Fsp3) is 0.381. The summed E-state index contributed by atoms with van der Waals surface area (Å²) in [4.78, 5) is 8.31. The Bertz CT molecular complexity index is 698. The standard InChI is InChI=1S/C21H27N5O/c22-18-25-21(26-19-12-15-23-16-13-19)24-14-8-3-1-2-4-9-17-27-20-10-6-5-7-11-20/h5-7,10-13,15-16H,1-4,8-9,14,17H2,(H2,23,24,25,26). The van der Waals surface area contributed by atoms with Crippen LogP contribution in [0, 0.1) is 11.5 Å². The van der Waals surface area contributed by atoms with Gasteiger partial charge in [0.05, 0.1) is 12.3 Å². The molecule has 0 aliphatic carbocycles. The SMILES string of the molecule is N#CN/C(=N\c1ccncc1)NCCCCCCCCOc1ccccc1. The number of hydrogen-bond acceptors (Lipinski definition) is 4. The van der Waals surface area contributed by atoms with E-state index < -0.39 is 0 Å². The molecule has 2 aromatic rings. The molecule has 1 aromatic carbocycles. The predicted molar refractivity (Wildman–Crippen MR) is 108 cm³/mol. The minimum Gasteiger partial charge on any atom is -0.494 e. The quantitative estimate of drug-likeness (QED) is 0.205. The van der Waals surface area contributed by atoms with Gasteiger partial charge < -0.3 is 10.1 Å². The lowest BCUT2D eigenvalue weighted by atomic mass is 10.1. The Hall–Kier alpha value is -3.07. The average molecular weight is 365 g/mol. The van der Waals surface area contributed by atoms with Gasteiger partial charge in [-0.1, -0.05) is 43.9 Å². The van der Waals surface area contributed by atoms with Crippen LogP contribution in [0.4, 0.5) is 5.69 Å². The van der Waals surface area contributed by atoms with Crippen molar-refractivity contribution >= 4 is 11.6 Å². The van der Waals surface area contributed by atoms with E-state index in [2.05, 4.69) is 20.6 Å². The minimum atomic E-state index is 0.474. The highest BCUT2D eigenvalue weighted by molar-refractivity contribution is 5.83. The number of pyridine rings is 1. The molecular weight excluding hydrogens is 338 g/mol. The Labute approximate surface area is 161 Å². The molecule has 0 bridgehead atoms. The number of aliphatic imine (C=N–C) groups is 1. The molecule has 0 amide bonds. The van der Waals surface area contributed by atoms with Crippen LogP contribution in [-0.2, 0) is 0 Å². The third kappa shape index (κ3) is 9.26. The van der Waals surface area contributed by atoms with Gasteiger partial charge in [0.15, 0.2) is 6.19 Å². The van der Waals surface area contributed by atoms with Crippen molar-refractivity contribution in [2.24, 2.45) is 4.99 Å². The smallest absolute Gasteiger partial charge is 0.209 e. The van der Waals surface area contributed by atoms with E-state index in [9.17, 15) is 0 Å². The molecule has 0 aliphatic rings. The van der Waals surface area contributed by atoms with Crippen molar-refractivity contribution in [3.8, 4) is 11.9 Å². The fourth-order valence-corrected chi connectivity index (χ4v) is 2.56. The van der Waals surface area contributed by atoms with Gasteiger partial charge in [0.25, 0.3) is 0 Å². The molecule has 0 atom stereocenters. The number of nitrogens with zero attached hydrogens (tertiary/aromatic N) is 3. The van der Waals surface area contributed by atoms with E-state index in [0.717, 1.165) is 43.9 Å². The van der Waals surface area contributed by atoms with E-state index in [0.29, 0.717) is 5.96 Å². The number of ether oxygens (including phenoxy) is 1. The molecule has 27 heavy (non-hydrogen) atoms. The fourth-order valence-electron chi connectivity index (χ4n) is 2.56. The number of nitrogens with one attached hydrogen (secondary N) is 2. The van der Waals surface area contributed by atoms with Crippen molar-refractivity contribution in [1.29, 1.82) is 5.26 Å². The molecule has 1 heterocycles. The first-order chi connectivity index (χ1) is 13.4. The summed E-state index contributed by atoms with van der Waals surface area (Å²) >= 11 is 0. The molecule has 1 aromatic heterocycles. The zero-order chi connectivity index (χ0) is 19.0. The predicted octanol–water partition coefficient (Wildman–Crippen LogP) is 4.15. The molecule has 0 unspecified atom stereocenters. The van der Waals surface area contributed by atoms with E-state index in [-0.39, 0.29) is 0 Å². The van der Waals surface area contributed by atoms with Gasteiger partial charge in [0.1, 0.15) is 5.75 Å². The first kappa shape index (κ1) is 20.2. The third-order valence-electron chi connectivity index (χ3n) is 3.95. The molecule has 142 valence electrons. The number of benzene rings is 1. The molecule has 0 saturated carbocycles. The van der Waals surface area contributed by atoms with Gasteiger partial charge >= 0.3 is 0 Å². The van der Waals surface area contributed by atoms with E-state index in [4.69, 9.17) is 10.00 Å². The Morgan fingerprint density at radius 1 is 0.963 bits per heavy atom. The molecule has 0 radical (unpaired) electrons. The minimum absolute atomic E-state index is 0.474. The topological polar surface area (TPSA) is 82.3 Å². The zero-order valence-corrected chi connectivity index (χ0v) is 15.6. The van der Waals surface area contributed by atoms with Crippen LogP contribution >= 0.6 is 0 Å². The Balaban J connectivity index is 1.49. The van der Waals surface area contributed by atoms with Gasteiger partial charge in [-0.15, -0.1) is 0 Å². The van der Waals surface area contributed by atoms with E-state index in [1.54, 1.807) is 24.5 Å². The number of aromatic nitrogens is 1. The highest BCUT2D eigenvalue weighted by Crippen LogP contribution is 2.11. The van der Waals surface area contributed by atoms with E-state index in [1.165, 1.54) is 19.3 Å².